The highest BCUT2D eigenvalue weighted by Gasteiger charge is 2.52. The summed E-state index contributed by atoms with van der Waals surface area (Å²) in [5.41, 5.74) is 0.334. The van der Waals surface area contributed by atoms with Crippen LogP contribution in [0.2, 0.25) is 0 Å². The highest BCUT2D eigenvalue weighted by atomic mass is 16.7. The number of hydrogen-bond donors (Lipinski definition) is 1. The first-order valence-electron chi connectivity index (χ1n) is 9.59. The predicted molar refractivity (Wildman–Crippen MR) is 103 cm³/mol. The molecule has 0 radical (unpaired) electrons. The van der Waals surface area contributed by atoms with Crippen molar-refractivity contribution in [3.63, 3.8) is 0 Å². The molecule has 1 N–H and O–H groups in total. The van der Waals surface area contributed by atoms with Gasteiger partial charge in [-0.2, -0.15) is 0 Å². The Kier molecular flexibility index (Phi) is 4.04. The maximum absolute atomic E-state index is 13.0. The molecule has 3 aliphatic rings. The van der Waals surface area contributed by atoms with Crippen LogP contribution in [0.4, 0.5) is 0 Å². The second-order valence-electron chi connectivity index (χ2n) is 9.05. The number of amides is 3. The van der Waals surface area contributed by atoms with E-state index in [4.69, 9.17) is 9.31 Å². The molecular formula is C20H25BN2O5. The molecule has 1 aromatic rings. The average Bonchev–Trinajstić information content (AvgIpc) is 3.05. The molecule has 148 valence electrons. The molecule has 1 aromatic carbocycles. The van der Waals surface area contributed by atoms with E-state index in [1.54, 1.807) is 17.9 Å². The number of benzene rings is 1. The molecule has 2 saturated heterocycles. The van der Waals surface area contributed by atoms with Gasteiger partial charge in [-0.15, -0.1) is 0 Å². The van der Waals surface area contributed by atoms with Gasteiger partial charge in [0.2, 0.25) is 5.91 Å². The summed E-state index contributed by atoms with van der Waals surface area (Å²) in [5, 5.41) is 2.36. The van der Waals surface area contributed by atoms with Gasteiger partial charge in [-0.1, -0.05) is 12.1 Å². The Bertz CT molecular complexity index is 881. The number of nitrogens with one attached hydrogen (secondary N) is 1. The van der Waals surface area contributed by atoms with Crippen LogP contribution in [0, 0.1) is 0 Å². The summed E-state index contributed by atoms with van der Waals surface area (Å²) in [6.45, 7) is 10.0. The Balaban J connectivity index is 1.61. The van der Waals surface area contributed by atoms with Crippen LogP contribution in [0.5, 0.6) is 0 Å². The van der Waals surface area contributed by atoms with Crippen molar-refractivity contribution in [2.45, 2.75) is 70.7 Å². The molecule has 28 heavy (non-hydrogen) atoms. The van der Waals surface area contributed by atoms with Crippen molar-refractivity contribution < 1.29 is 23.7 Å². The summed E-state index contributed by atoms with van der Waals surface area (Å²) in [7, 11) is -0.509. The third kappa shape index (κ3) is 2.70. The van der Waals surface area contributed by atoms with Crippen molar-refractivity contribution in [1.29, 1.82) is 0 Å². The summed E-state index contributed by atoms with van der Waals surface area (Å²) in [6, 6.07) is 5.53. The molecule has 0 aliphatic carbocycles. The maximum atomic E-state index is 13.0. The second-order valence-corrected chi connectivity index (χ2v) is 9.05. The van der Waals surface area contributed by atoms with E-state index < -0.39 is 29.8 Å². The molecule has 0 aromatic heterocycles. The normalized spacial score (nSPS) is 28.5. The lowest BCUT2D eigenvalue weighted by Crippen LogP contribution is -2.61. The van der Waals surface area contributed by atoms with Crippen molar-refractivity contribution in [3.05, 3.63) is 29.3 Å². The third-order valence-electron chi connectivity index (χ3n) is 6.64. The van der Waals surface area contributed by atoms with Crippen molar-refractivity contribution in [3.8, 4) is 0 Å². The zero-order chi connectivity index (χ0) is 20.5. The first-order chi connectivity index (χ1) is 12.9. The van der Waals surface area contributed by atoms with Gasteiger partial charge in [-0.3, -0.25) is 19.7 Å². The number of imide groups is 1. The lowest BCUT2D eigenvalue weighted by Gasteiger charge is -2.39. The minimum absolute atomic E-state index is 0.192. The second kappa shape index (κ2) is 5.91. The van der Waals surface area contributed by atoms with Gasteiger partial charge in [0.1, 0.15) is 5.54 Å². The molecule has 1 unspecified atom stereocenters. The Labute approximate surface area is 164 Å². The first-order valence-corrected chi connectivity index (χ1v) is 9.59. The smallest absolute Gasteiger partial charge is 0.399 e. The Hall–Kier alpha value is -2.19. The van der Waals surface area contributed by atoms with Gasteiger partial charge in [0.15, 0.2) is 0 Å². The van der Waals surface area contributed by atoms with Crippen LogP contribution >= 0.6 is 0 Å². The highest BCUT2D eigenvalue weighted by Crippen LogP contribution is 2.37. The van der Waals surface area contributed by atoms with Crippen molar-refractivity contribution in [1.82, 2.24) is 10.2 Å². The lowest BCUT2D eigenvalue weighted by molar-refractivity contribution is -0.142. The highest BCUT2D eigenvalue weighted by molar-refractivity contribution is 6.62. The minimum atomic E-state index is -1.03. The number of carbonyl (C=O) groups is 3. The van der Waals surface area contributed by atoms with Gasteiger partial charge in [0.05, 0.1) is 11.2 Å². The number of carbonyl (C=O) groups excluding carboxylic acids is 3. The molecule has 7 nitrogen and oxygen atoms in total. The molecule has 1 atom stereocenters. The summed E-state index contributed by atoms with van der Waals surface area (Å²) in [5.74, 6) is -0.909. The zero-order valence-corrected chi connectivity index (χ0v) is 16.9. The van der Waals surface area contributed by atoms with Crippen LogP contribution in [0.1, 0.15) is 63.4 Å². The van der Waals surface area contributed by atoms with Crippen LogP contribution in [0.25, 0.3) is 0 Å². The summed E-state index contributed by atoms with van der Waals surface area (Å²) < 4.78 is 12.2. The van der Waals surface area contributed by atoms with Crippen molar-refractivity contribution >= 4 is 30.3 Å². The predicted octanol–water partition coefficient (Wildman–Crippen LogP) is 1.14. The quantitative estimate of drug-likeness (QED) is 0.611. The summed E-state index contributed by atoms with van der Waals surface area (Å²) in [6.07, 6.45) is 0.545. The lowest BCUT2D eigenvalue weighted by atomic mass is 9.78. The first kappa shape index (κ1) is 19.1. The van der Waals surface area contributed by atoms with Crippen LogP contribution in [0.15, 0.2) is 18.2 Å². The Morgan fingerprint density at radius 3 is 2.29 bits per heavy atom. The molecule has 0 spiro atoms. The standard InChI is InChI=1S/C20H25BN2O5/c1-18(2)19(3,4)28-21(27-18)13-6-7-14-12(10-13)11-23(16(14)25)20(5)9-8-15(24)22-17(20)26/h6-7,10H,8-9,11H2,1-5H3,(H,22,24,26). The van der Waals surface area contributed by atoms with Crippen LogP contribution < -0.4 is 10.8 Å². The number of piperidine rings is 1. The molecule has 4 rings (SSSR count). The Morgan fingerprint density at radius 1 is 1.04 bits per heavy atom. The van der Waals surface area contributed by atoms with E-state index in [1.807, 2.05) is 39.8 Å². The van der Waals surface area contributed by atoms with Gasteiger partial charge in [-0.25, -0.2) is 0 Å². The fraction of sp³-hybridized carbons (Fsp3) is 0.550. The van der Waals surface area contributed by atoms with E-state index in [1.165, 1.54) is 0 Å². The van der Waals surface area contributed by atoms with Crippen molar-refractivity contribution in [2.75, 3.05) is 0 Å². The fourth-order valence-electron chi connectivity index (χ4n) is 3.92. The van der Waals surface area contributed by atoms with E-state index in [9.17, 15) is 14.4 Å². The van der Waals surface area contributed by atoms with Crippen LogP contribution in [-0.4, -0.2) is 46.5 Å². The number of nitrogens with zero attached hydrogens (tertiary/aromatic N) is 1. The number of hydrogen-bond acceptors (Lipinski definition) is 5. The molecule has 3 aliphatic heterocycles. The van der Waals surface area contributed by atoms with Gasteiger partial charge in [0.25, 0.3) is 11.8 Å². The summed E-state index contributed by atoms with van der Waals surface area (Å²) >= 11 is 0. The zero-order valence-electron chi connectivity index (χ0n) is 16.9. The number of rotatable bonds is 2. The average molecular weight is 384 g/mol. The molecule has 0 saturated carbocycles. The number of fused-ring (bicyclic) bond motifs is 1. The van der Waals surface area contributed by atoms with Gasteiger partial charge >= 0.3 is 7.12 Å². The summed E-state index contributed by atoms with van der Waals surface area (Å²) in [4.78, 5) is 38.5. The van der Waals surface area contributed by atoms with Gasteiger partial charge in [0, 0.05) is 18.5 Å². The Morgan fingerprint density at radius 2 is 1.68 bits per heavy atom. The molecule has 3 heterocycles. The largest absolute Gasteiger partial charge is 0.494 e. The van der Waals surface area contributed by atoms with Gasteiger partial charge in [-0.05, 0) is 58.1 Å². The third-order valence-corrected chi connectivity index (χ3v) is 6.64. The molecule has 0 bridgehead atoms. The van der Waals surface area contributed by atoms with E-state index in [0.29, 0.717) is 18.5 Å². The fourth-order valence-corrected chi connectivity index (χ4v) is 3.92. The minimum Gasteiger partial charge on any atom is -0.399 e. The molecule has 3 amide bonds. The SMILES string of the molecule is CC1(N2Cc3cc(B4OC(C)(C)C(C)(C)O4)ccc3C2=O)CCC(=O)NC1=O. The van der Waals surface area contributed by atoms with E-state index in [0.717, 1.165) is 11.0 Å². The van der Waals surface area contributed by atoms with E-state index in [2.05, 4.69) is 5.32 Å². The van der Waals surface area contributed by atoms with E-state index in [-0.39, 0.29) is 18.2 Å². The maximum Gasteiger partial charge on any atom is 0.494 e. The van der Waals surface area contributed by atoms with E-state index >= 15 is 0 Å². The topological polar surface area (TPSA) is 84.9 Å². The molecule has 2 fully saturated rings. The van der Waals surface area contributed by atoms with Gasteiger partial charge < -0.3 is 14.2 Å². The van der Waals surface area contributed by atoms with Crippen LogP contribution in [-0.2, 0) is 25.4 Å². The monoisotopic (exact) mass is 384 g/mol. The molecule has 8 heteroatoms. The van der Waals surface area contributed by atoms with Crippen molar-refractivity contribution in [2.24, 2.45) is 0 Å². The van der Waals surface area contributed by atoms with Crippen LogP contribution in [0.3, 0.4) is 0 Å². The molecular weight excluding hydrogens is 359 g/mol.